The van der Waals surface area contributed by atoms with Crippen LogP contribution in [0.5, 0.6) is 0 Å². The normalized spacial score (nSPS) is 20.8. The molecular formula is C14H18N2O. The van der Waals surface area contributed by atoms with E-state index >= 15 is 0 Å². The van der Waals surface area contributed by atoms with E-state index in [1.807, 2.05) is 12.1 Å². The van der Waals surface area contributed by atoms with Gasteiger partial charge in [-0.1, -0.05) is 6.07 Å². The van der Waals surface area contributed by atoms with Gasteiger partial charge in [0.2, 0.25) is 0 Å². The molecule has 3 rings (SSSR count). The van der Waals surface area contributed by atoms with Gasteiger partial charge in [-0.3, -0.25) is 0 Å². The Morgan fingerprint density at radius 2 is 2.24 bits per heavy atom. The topological polar surface area (TPSA) is 40.2 Å². The zero-order valence-corrected chi connectivity index (χ0v) is 9.93. The minimum Gasteiger partial charge on any atom is -0.398 e. The first kappa shape index (κ1) is 10.7. The lowest BCUT2D eigenvalue weighted by atomic mass is 10.1. The smallest absolute Gasteiger partial charge is 0.0754 e. The first-order valence-corrected chi connectivity index (χ1v) is 6.29. The van der Waals surface area contributed by atoms with Gasteiger partial charge in [0, 0.05) is 30.4 Å². The van der Waals surface area contributed by atoms with Crippen molar-refractivity contribution in [1.29, 1.82) is 0 Å². The Morgan fingerprint density at radius 1 is 1.29 bits per heavy atom. The molecule has 0 bridgehead atoms. The molecule has 1 unspecified atom stereocenters. The number of anilines is 1. The highest BCUT2D eigenvalue weighted by atomic mass is 16.5. The van der Waals surface area contributed by atoms with Crippen LogP contribution >= 0.6 is 0 Å². The van der Waals surface area contributed by atoms with Crippen LogP contribution in [0.15, 0.2) is 30.5 Å². The van der Waals surface area contributed by atoms with Crippen LogP contribution in [0.3, 0.4) is 0 Å². The lowest BCUT2D eigenvalue weighted by molar-refractivity contribution is 0.00670. The number of rotatable bonds is 2. The Labute approximate surface area is 101 Å². The Morgan fingerprint density at radius 3 is 3.06 bits per heavy atom. The van der Waals surface area contributed by atoms with E-state index in [0.717, 1.165) is 24.2 Å². The molecule has 0 spiro atoms. The van der Waals surface area contributed by atoms with Crippen molar-refractivity contribution in [3.05, 3.63) is 30.5 Å². The van der Waals surface area contributed by atoms with Gasteiger partial charge in [-0.25, -0.2) is 0 Å². The van der Waals surface area contributed by atoms with Crippen LogP contribution < -0.4 is 5.73 Å². The minimum absolute atomic E-state index is 0.362. The average Bonchev–Trinajstić information content (AvgIpc) is 2.76. The summed E-state index contributed by atoms with van der Waals surface area (Å²) in [5.41, 5.74) is 8.02. The van der Waals surface area contributed by atoms with Crippen molar-refractivity contribution in [3.63, 3.8) is 0 Å². The second-order valence-electron chi connectivity index (χ2n) is 4.74. The number of aromatic nitrogens is 1. The maximum absolute atomic E-state index is 5.96. The Balaban J connectivity index is 1.87. The van der Waals surface area contributed by atoms with Crippen molar-refractivity contribution in [2.75, 3.05) is 12.3 Å². The molecule has 0 radical (unpaired) electrons. The summed E-state index contributed by atoms with van der Waals surface area (Å²) in [6.07, 6.45) is 6.13. The predicted octanol–water partition coefficient (Wildman–Crippen LogP) is 2.79. The maximum Gasteiger partial charge on any atom is 0.0754 e. The second kappa shape index (κ2) is 4.41. The van der Waals surface area contributed by atoms with Gasteiger partial charge in [0.25, 0.3) is 0 Å². The summed E-state index contributed by atoms with van der Waals surface area (Å²) in [5.74, 6) is 0. The molecule has 90 valence electrons. The van der Waals surface area contributed by atoms with E-state index < -0.39 is 0 Å². The average molecular weight is 230 g/mol. The molecule has 0 amide bonds. The molecule has 0 saturated carbocycles. The number of nitrogens with two attached hydrogens (primary N) is 1. The molecule has 0 aliphatic carbocycles. The van der Waals surface area contributed by atoms with Crippen LogP contribution in [-0.2, 0) is 11.3 Å². The van der Waals surface area contributed by atoms with Crippen LogP contribution in [-0.4, -0.2) is 17.3 Å². The van der Waals surface area contributed by atoms with Crippen LogP contribution in [0.4, 0.5) is 5.69 Å². The lowest BCUT2D eigenvalue weighted by Crippen LogP contribution is -2.24. The van der Waals surface area contributed by atoms with Crippen molar-refractivity contribution >= 4 is 16.6 Å². The molecule has 3 nitrogen and oxygen atoms in total. The van der Waals surface area contributed by atoms with Crippen molar-refractivity contribution in [2.45, 2.75) is 31.9 Å². The Kier molecular flexibility index (Phi) is 2.77. The minimum atomic E-state index is 0.362. The number of nitrogen functional groups attached to an aromatic ring is 1. The van der Waals surface area contributed by atoms with Crippen molar-refractivity contribution < 1.29 is 4.74 Å². The predicted molar refractivity (Wildman–Crippen MR) is 69.9 cm³/mol. The van der Waals surface area contributed by atoms with E-state index in [2.05, 4.69) is 22.9 Å². The first-order chi connectivity index (χ1) is 8.34. The largest absolute Gasteiger partial charge is 0.398 e. The molecule has 2 heterocycles. The second-order valence-corrected chi connectivity index (χ2v) is 4.74. The molecule has 2 N–H and O–H groups in total. The van der Waals surface area contributed by atoms with E-state index in [1.165, 1.54) is 24.8 Å². The van der Waals surface area contributed by atoms with E-state index in [0.29, 0.717) is 6.10 Å². The summed E-state index contributed by atoms with van der Waals surface area (Å²) in [4.78, 5) is 0. The molecule has 1 saturated heterocycles. The molecule has 1 aliphatic rings. The summed E-state index contributed by atoms with van der Waals surface area (Å²) in [6, 6.07) is 8.17. The zero-order chi connectivity index (χ0) is 11.7. The monoisotopic (exact) mass is 230 g/mol. The zero-order valence-electron chi connectivity index (χ0n) is 9.93. The van der Waals surface area contributed by atoms with E-state index in [-0.39, 0.29) is 0 Å². The summed E-state index contributed by atoms with van der Waals surface area (Å²) < 4.78 is 8.03. The molecule has 1 aromatic carbocycles. The molecule has 17 heavy (non-hydrogen) atoms. The molecule has 1 aliphatic heterocycles. The van der Waals surface area contributed by atoms with Crippen LogP contribution in [0, 0.1) is 0 Å². The first-order valence-electron chi connectivity index (χ1n) is 6.29. The fourth-order valence-electron chi connectivity index (χ4n) is 2.58. The number of hydrogen-bond acceptors (Lipinski definition) is 2. The highest BCUT2D eigenvalue weighted by molar-refractivity contribution is 5.91. The third-order valence-electron chi connectivity index (χ3n) is 3.52. The fraction of sp³-hybridized carbons (Fsp3) is 0.429. The molecule has 1 atom stereocenters. The van der Waals surface area contributed by atoms with Gasteiger partial charge in [-0.2, -0.15) is 0 Å². The van der Waals surface area contributed by atoms with E-state index in [9.17, 15) is 0 Å². The van der Waals surface area contributed by atoms with Crippen LogP contribution in [0.25, 0.3) is 10.9 Å². The van der Waals surface area contributed by atoms with E-state index in [1.54, 1.807) is 0 Å². The van der Waals surface area contributed by atoms with Crippen molar-refractivity contribution in [2.24, 2.45) is 0 Å². The number of ether oxygens (including phenoxy) is 1. The van der Waals surface area contributed by atoms with Gasteiger partial charge in [-0.15, -0.1) is 0 Å². The summed E-state index contributed by atoms with van der Waals surface area (Å²) in [6.45, 7) is 1.85. The summed E-state index contributed by atoms with van der Waals surface area (Å²) in [5, 5.41) is 1.14. The summed E-state index contributed by atoms with van der Waals surface area (Å²) in [7, 11) is 0. The number of nitrogens with zero attached hydrogens (tertiary/aromatic N) is 1. The molecule has 2 aromatic rings. The quantitative estimate of drug-likeness (QED) is 0.806. The van der Waals surface area contributed by atoms with Crippen molar-refractivity contribution in [3.8, 4) is 0 Å². The highest BCUT2D eigenvalue weighted by Gasteiger charge is 2.15. The molecular weight excluding hydrogens is 212 g/mol. The van der Waals surface area contributed by atoms with Crippen LogP contribution in [0.2, 0.25) is 0 Å². The van der Waals surface area contributed by atoms with Gasteiger partial charge in [0.15, 0.2) is 0 Å². The van der Waals surface area contributed by atoms with Crippen LogP contribution in [0.1, 0.15) is 19.3 Å². The van der Waals surface area contributed by atoms with Gasteiger partial charge >= 0.3 is 0 Å². The van der Waals surface area contributed by atoms with Gasteiger partial charge in [-0.05, 0) is 37.5 Å². The number of fused-ring (bicyclic) bond motifs is 1. The third-order valence-corrected chi connectivity index (χ3v) is 3.52. The molecule has 1 fully saturated rings. The van der Waals surface area contributed by atoms with Gasteiger partial charge in [0.05, 0.1) is 11.6 Å². The SMILES string of the molecule is Nc1cccc2c1ccn2CC1CCCCO1. The standard InChI is InChI=1S/C14H18N2O/c15-13-5-3-6-14-12(13)7-8-16(14)10-11-4-1-2-9-17-11/h3,5-8,11H,1-2,4,9-10,15H2. The molecule has 3 heteroatoms. The van der Waals surface area contributed by atoms with Gasteiger partial charge < -0.3 is 15.0 Å². The van der Waals surface area contributed by atoms with Crippen molar-refractivity contribution in [1.82, 2.24) is 4.57 Å². The molecule has 1 aromatic heterocycles. The summed E-state index contributed by atoms with van der Waals surface area (Å²) >= 11 is 0. The number of hydrogen-bond donors (Lipinski definition) is 1. The number of benzene rings is 1. The lowest BCUT2D eigenvalue weighted by Gasteiger charge is -2.23. The van der Waals surface area contributed by atoms with E-state index in [4.69, 9.17) is 10.5 Å². The Hall–Kier alpha value is -1.48. The Bertz CT molecular complexity index is 512. The highest BCUT2D eigenvalue weighted by Crippen LogP contribution is 2.23. The third kappa shape index (κ3) is 2.03. The van der Waals surface area contributed by atoms with Gasteiger partial charge in [0.1, 0.15) is 0 Å². The maximum atomic E-state index is 5.96. The fourth-order valence-corrected chi connectivity index (χ4v) is 2.58.